The number of amides is 1. The first kappa shape index (κ1) is 22.2. The number of rotatable bonds is 7. The summed E-state index contributed by atoms with van der Waals surface area (Å²) in [5.74, 6) is 0.354. The third kappa shape index (κ3) is 5.55. The van der Waals surface area contributed by atoms with Crippen LogP contribution in [-0.2, 0) is 0 Å². The third-order valence-corrected chi connectivity index (χ3v) is 4.81. The van der Waals surface area contributed by atoms with Gasteiger partial charge in [0.1, 0.15) is 23.1 Å². The standard InChI is InChI=1S/C22H24ClN7O/c1-13-4-6-14(7-5-13)18(24)17-19(25)28-12-29-20(17)30-22(2,3)11-27-21(31)15-8-9-26-16(23)10-15/h4-10,12,24H,11H2,1-3H3,(H,27,31)(H3,25,28,29,30). The van der Waals surface area contributed by atoms with Gasteiger partial charge in [0, 0.05) is 23.9 Å². The van der Waals surface area contributed by atoms with Gasteiger partial charge >= 0.3 is 0 Å². The Balaban J connectivity index is 1.78. The lowest BCUT2D eigenvalue weighted by Gasteiger charge is -2.28. The van der Waals surface area contributed by atoms with E-state index in [1.165, 1.54) is 18.6 Å². The van der Waals surface area contributed by atoms with E-state index >= 15 is 0 Å². The van der Waals surface area contributed by atoms with Crippen LogP contribution in [0.15, 0.2) is 48.9 Å². The number of nitrogens with two attached hydrogens (primary N) is 1. The van der Waals surface area contributed by atoms with Crippen LogP contribution in [0.1, 0.15) is 40.9 Å². The van der Waals surface area contributed by atoms with E-state index in [2.05, 4.69) is 25.6 Å². The Morgan fingerprint density at radius 2 is 1.84 bits per heavy atom. The minimum Gasteiger partial charge on any atom is -0.383 e. The average Bonchev–Trinajstić information content (AvgIpc) is 2.72. The van der Waals surface area contributed by atoms with E-state index in [1.54, 1.807) is 6.07 Å². The molecule has 9 heteroatoms. The monoisotopic (exact) mass is 437 g/mol. The lowest BCUT2D eigenvalue weighted by molar-refractivity contribution is 0.0947. The van der Waals surface area contributed by atoms with Gasteiger partial charge < -0.3 is 16.4 Å². The fraction of sp³-hybridized carbons (Fsp3) is 0.227. The van der Waals surface area contributed by atoms with Crippen molar-refractivity contribution in [1.82, 2.24) is 20.3 Å². The number of nitrogens with zero attached hydrogens (tertiary/aromatic N) is 3. The molecule has 0 aliphatic heterocycles. The highest BCUT2D eigenvalue weighted by molar-refractivity contribution is 6.29. The van der Waals surface area contributed by atoms with Crippen molar-refractivity contribution in [3.05, 3.63) is 76.3 Å². The van der Waals surface area contributed by atoms with Crippen LogP contribution in [0.3, 0.4) is 0 Å². The van der Waals surface area contributed by atoms with Gasteiger partial charge in [-0.1, -0.05) is 41.4 Å². The lowest BCUT2D eigenvalue weighted by atomic mass is 10.00. The first-order valence-corrected chi connectivity index (χ1v) is 9.98. The van der Waals surface area contributed by atoms with Crippen molar-refractivity contribution in [3.63, 3.8) is 0 Å². The summed E-state index contributed by atoms with van der Waals surface area (Å²) in [6, 6.07) is 10.7. The molecule has 2 heterocycles. The van der Waals surface area contributed by atoms with Crippen molar-refractivity contribution >= 4 is 34.9 Å². The number of nitrogens with one attached hydrogen (secondary N) is 3. The van der Waals surface area contributed by atoms with Gasteiger partial charge in [-0.25, -0.2) is 15.0 Å². The Labute approximate surface area is 185 Å². The van der Waals surface area contributed by atoms with Crippen LogP contribution in [0.4, 0.5) is 11.6 Å². The largest absolute Gasteiger partial charge is 0.383 e. The van der Waals surface area contributed by atoms with E-state index in [0.717, 1.165) is 5.56 Å². The van der Waals surface area contributed by atoms with Crippen LogP contribution >= 0.6 is 11.6 Å². The molecule has 3 rings (SSSR count). The number of hydrogen-bond donors (Lipinski definition) is 4. The average molecular weight is 438 g/mol. The van der Waals surface area contributed by atoms with Gasteiger partial charge in [0.15, 0.2) is 0 Å². The van der Waals surface area contributed by atoms with Crippen molar-refractivity contribution in [2.75, 3.05) is 17.6 Å². The van der Waals surface area contributed by atoms with Crippen molar-refractivity contribution in [1.29, 1.82) is 5.41 Å². The molecule has 0 bridgehead atoms. The summed E-state index contributed by atoms with van der Waals surface area (Å²) in [5, 5.41) is 15.1. The molecule has 0 spiro atoms. The van der Waals surface area contributed by atoms with Crippen LogP contribution in [-0.4, -0.2) is 38.7 Å². The van der Waals surface area contributed by atoms with E-state index in [1.807, 2.05) is 45.0 Å². The molecule has 0 unspecified atom stereocenters. The number of carbonyl (C=O) groups excluding carboxylic acids is 1. The number of anilines is 2. The number of hydrogen-bond acceptors (Lipinski definition) is 7. The minimum absolute atomic E-state index is 0.203. The zero-order chi connectivity index (χ0) is 22.6. The number of benzene rings is 1. The van der Waals surface area contributed by atoms with E-state index in [4.69, 9.17) is 22.7 Å². The summed E-state index contributed by atoms with van der Waals surface area (Å²) in [4.78, 5) is 24.7. The molecule has 5 N–H and O–H groups in total. The highest BCUT2D eigenvalue weighted by Crippen LogP contribution is 2.24. The predicted molar refractivity (Wildman–Crippen MR) is 123 cm³/mol. The molecule has 0 saturated carbocycles. The molecule has 160 valence electrons. The molecule has 3 aromatic rings. The molecule has 2 aromatic heterocycles. The number of halogens is 1. The fourth-order valence-electron chi connectivity index (χ4n) is 2.92. The van der Waals surface area contributed by atoms with E-state index in [0.29, 0.717) is 22.5 Å². The molecule has 0 aliphatic carbocycles. The van der Waals surface area contributed by atoms with Gasteiger partial charge in [-0.15, -0.1) is 0 Å². The number of nitrogen functional groups attached to an aromatic ring is 1. The second-order valence-corrected chi connectivity index (χ2v) is 8.17. The molecular weight excluding hydrogens is 414 g/mol. The van der Waals surface area contributed by atoms with Gasteiger partial charge in [-0.2, -0.15) is 0 Å². The Hall–Kier alpha value is -3.52. The smallest absolute Gasteiger partial charge is 0.251 e. The molecule has 0 atom stereocenters. The van der Waals surface area contributed by atoms with Gasteiger partial charge in [0.2, 0.25) is 0 Å². The highest BCUT2D eigenvalue weighted by atomic mass is 35.5. The molecule has 1 aromatic carbocycles. The van der Waals surface area contributed by atoms with Crippen molar-refractivity contribution in [3.8, 4) is 0 Å². The van der Waals surface area contributed by atoms with Gasteiger partial charge in [0.05, 0.1) is 16.8 Å². The fourth-order valence-corrected chi connectivity index (χ4v) is 3.09. The third-order valence-electron chi connectivity index (χ3n) is 4.60. The Morgan fingerprint density at radius 3 is 2.52 bits per heavy atom. The summed E-state index contributed by atoms with van der Waals surface area (Å²) in [5.41, 5.74) is 8.34. The van der Waals surface area contributed by atoms with E-state index in [9.17, 15) is 4.79 Å². The molecular formula is C22H24ClN7O. The second kappa shape index (κ2) is 9.09. The van der Waals surface area contributed by atoms with Crippen LogP contribution in [0.2, 0.25) is 5.15 Å². The quantitative estimate of drug-likeness (QED) is 0.331. The Bertz CT molecular complexity index is 1110. The lowest BCUT2D eigenvalue weighted by Crippen LogP contribution is -2.44. The van der Waals surface area contributed by atoms with Gasteiger partial charge in [-0.05, 0) is 32.9 Å². The van der Waals surface area contributed by atoms with Crippen LogP contribution < -0.4 is 16.4 Å². The van der Waals surface area contributed by atoms with Gasteiger partial charge in [-0.3, -0.25) is 10.2 Å². The summed E-state index contributed by atoms with van der Waals surface area (Å²) >= 11 is 5.86. The summed E-state index contributed by atoms with van der Waals surface area (Å²) in [6.45, 7) is 6.08. The number of aryl methyl sites for hydroxylation is 1. The molecule has 31 heavy (non-hydrogen) atoms. The normalized spacial score (nSPS) is 11.1. The Kier molecular flexibility index (Phi) is 6.50. The van der Waals surface area contributed by atoms with Crippen LogP contribution in [0.25, 0.3) is 0 Å². The maximum Gasteiger partial charge on any atom is 0.251 e. The first-order chi connectivity index (χ1) is 14.7. The maximum atomic E-state index is 12.4. The predicted octanol–water partition coefficient (Wildman–Crippen LogP) is 3.45. The molecule has 0 aliphatic rings. The SMILES string of the molecule is Cc1ccc(C(=N)c2c(N)ncnc2NC(C)(C)CNC(=O)c2ccnc(Cl)c2)cc1. The second-order valence-electron chi connectivity index (χ2n) is 7.78. The van der Waals surface area contributed by atoms with Crippen molar-refractivity contribution in [2.24, 2.45) is 0 Å². The van der Waals surface area contributed by atoms with Gasteiger partial charge in [0.25, 0.3) is 5.91 Å². The number of carbonyl (C=O) groups is 1. The highest BCUT2D eigenvalue weighted by Gasteiger charge is 2.24. The molecule has 0 fully saturated rings. The Morgan fingerprint density at radius 1 is 1.13 bits per heavy atom. The summed E-state index contributed by atoms with van der Waals surface area (Å²) in [6.07, 6.45) is 2.82. The van der Waals surface area contributed by atoms with E-state index in [-0.39, 0.29) is 29.1 Å². The van der Waals surface area contributed by atoms with E-state index < -0.39 is 5.54 Å². The summed E-state index contributed by atoms with van der Waals surface area (Å²) < 4.78 is 0. The molecule has 8 nitrogen and oxygen atoms in total. The maximum absolute atomic E-state index is 12.4. The van der Waals surface area contributed by atoms with Crippen LogP contribution in [0, 0.1) is 12.3 Å². The minimum atomic E-state index is -0.602. The number of aromatic nitrogens is 3. The van der Waals surface area contributed by atoms with Crippen molar-refractivity contribution < 1.29 is 4.79 Å². The number of pyridine rings is 1. The van der Waals surface area contributed by atoms with Crippen LogP contribution in [0.5, 0.6) is 0 Å². The molecule has 1 amide bonds. The first-order valence-electron chi connectivity index (χ1n) is 9.61. The van der Waals surface area contributed by atoms with Crippen molar-refractivity contribution in [2.45, 2.75) is 26.3 Å². The topological polar surface area (TPSA) is 130 Å². The zero-order valence-corrected chi connectivity index (χ0v) is 18.3. The zero-order valence-electron chi connectivity index (χ0n) is 17.5. The molecule has 0 saturated heterocycles. The molecule has 0 radical (unpaired) electrons. The summed E-state index contributed by atoms with van der Waals surface area (Å²) in [7, 11) is 0.